The first-order chi connectivity index (χ1) is 9.22. The fraction of sp³-hybridized carbons (Fsp3) is 0.333. The van der Waals surface area contributed by atoms with E-state index < -0.39 is 0 Å². The maximum Gasteiger partial charge on any atom is 0.238 e. The highest BCUT2D eigenvalue weighted by molar-refractivity contribution is 6.22. The van der Waals surface area contributed by atoms with Gasteiger partial charge in [0.1, 0.15) is 5.75 Å². The molecule has 4 heteroatoms. The van der Waals surface area contributed by atoms with Gasteiger partial charge in [-0.3, -0.25) is 14.5 Å². The van der Waals surface area contributed by atoms with Gasteiger partial charge in [0.05, 0.1) is 24.6 Å². The predicted octanol–water partition coefficient (Wildman–Crippen LogP) is 2.15. The van der Waals surface area contributed by atoms with E-state index in [1.807, 2.05) is 12.2 Å². The summed E-state index contributed by atoms with van der Waals surface area (Å²) in [6.45, 7) is 0. The van der Waals surface area contributed by atoms with Gasteiger partial charge in [-0.1, -0.05) is 12.2 Å². The molecule has 1 fully saturated rings. The van der Waals surface area contributed by atoms with E-state index >= 15 is 0 Å². The quantitative estimate of drug-likeness (QED) is 0.602. The van der Waals surface area contributed by atoms with Crippen molar-refractivity contribution >= 4 is 17.5 Å². The zero-order valence-electron chi connectivity index (χ0n) is 10.7. The minimum atomic E-state index is -0.181. The Morgan fingerprint density at radius 1 is 1.00 bits per heavy atom. The Bertz CT molecular complexity index is 521. The summed E-state index contributed by atoms with van der Waals surface area (Å²) in [7, 11) is 1.58. The molecule has 0 aromatic heterocycles. The smallest absolute Gasteiger partial charge is 0.238 e. The first kappa shape index (κ1) is 12.0. The van der Waals surface area contributed by atoms with Gasteiger partial charge in [-0.05, 0) is 37.1 Å². The summed E-state index contributed by atoms with van der Waals surface area (Å²) in [4.78, 5) is 26.0. The molecule has 2 atom stereocenters. The number of methoxy groups -OCH3 is 1. The molecular weight excluding hydrogens is 242 g/mol. The summed E-state index contributed by atoms with van der Waals surface area (Å²) in [5.74, 6) is 0.190. The summed E-state index contributed by atoms with van der Waals surface area (Å²) in [5.41, 5.74) is 0.630. The normalized spacial score (nSPS) is 25.6. The molecule has 3 rings (SSSR count). The SMILES string of the molecule is COc1ccc(N2C(=O)[C@H]3CC=CC[C@H]3C2=O)cc1. The van der Waals surface area contributed by atoms with Crippen LogP contribution in [0.25, 0.3) is 0 Å². The van der Waals surface area contributed by atoms with E-state index in [9.17, 15) is 9.59 Å². The van der Waals surface area contributed by atoms with Crippen LogP contribution >= 0.6 is 0 Å². The topological polar surface area (TPSA) is 46.6 Å². The molecule has 4 nitrogen and oxygen atoms in total. The molecule has 0 bridgehead atoms. The minimum Gasteiger partial charge on any atom is -0.497 e. The van der Waals surface area contributed by atoms with Gasteiger partial charge in [-0.2, -0.15) is 0 Å². The number of amides is 2. The summed E-state index contributed by atoms with van der Waals surface area (Å²) < 4.78 is 5.08. The highest BCUT2D eigenvalue weighted by atomic mass is 16.5. The van der Waals surface area contributed by atoms with Crippen LogP contribution in [0.2, 0.25) is 0 Å². The molecule has 1 saturated heterocycles. The number of imide groups is 1. The molecule has 0 radical (unpaired) electrons. The second kappa shape index (κ2) is 4.53. The number of nitrogens with zero attached hydrogens (tertiary/aromatic N) is 1. The second-order valence-electron chi connectivity index (χ2n) is 4.87. The highest BCUT2D eigenvalue weighted by Crippen LogP contribution is 2.37. The van der Waals surface area contributed by atoms with Crippen molar-refractivity contribution in [2.75, 3.05) is 12.0 Å². The van der Waals surface area contributed by atoms with E-state index in [4.69, 9.17) is 4.74 Å². The monoisotopic (exact) mass is 257 g/mol. The van der Waals surface area contributed by atoms with E-state index in [2.05, 4.69) is 0 Å². The van der Waals surface area contributed by atoms with Crippen LogP contribution < -0.4 is 9.64 Å². The van der Waals surface area contributed by atoms with E-state index in [-0.39, 0.29) is 23.7 Å². The van der Waals surface area contributed by atoms with Gasteiger partial charge in [0, 0.05) is 0 Å². The van der Waals surface area contributed by atoms with Crippen molar-refractivity contribution in [1.82, 2.24) is 0 Å². The standard InChI is InChI=1S/C15H15NO3/c1-19-11-8-6-10(7-9-11)16-14(17)12-4-2-3-5-13(12)15(16)18/h2-3,6-9,12-13H,4-5H2,1H3/t12-,13+. The average molecular weight is 257 g/mol. The van der Waals surface area contributed by atoms with Gasteiger partial charge in [-0.25, -0.2) is 0 Å². The van der Waals surface area contributed by atoms with Crippen molar-refractivity contribution < 1.29 is 14.3 Å². The van der Waals surface area contributed by atoms with Crippen molar-refractivity contribution in [2.45, 2.75) is 12.8 Å². The lowest BCUT2D eigenvalue weighted by atomic mass is 9.85. The van der Waals surface area contributed by atoms with Crippen molar-refractivity contribution in [2.24, 2.45) is 11.8 Å². The van der Waals surface area contributed by atoms with Crippen molar-refractivity contribution in [3.05, 3.63) is 36.4 Å². The number of anilines is 1. The molecule has 1 aliphatic heterocycles. The zero-order chi connectivity index (χ0) is 13.4. The zero-order valence-corrected chi connectivity index (χ0v) is 10.7. The molecule has 1 aromatic carbocycles. The number of rotatable bonds is 2. The molecule has 0 saturated carbocycles. The molecular formula is C15H15NO3. The lowest BCUT2D eigenvalue weighted by molar-refractivity contribution is -0.122. The number of fused-ring (bicyclic) bond motifs is 1. The van der Waals surface area contributed by atoms with Crippen LogP contribution in [0, 0.1) is 11.8 Å². The third-order valence-corrected chi connectivity index (χ3v) is 3.84. The molecule has 2 aliphatic rings. The van der Waals surface area contributed by atoms with Gasteiger partial charge in [0.2, 0.25) is 11.8 Å². The number of hydrogen-bond donors (Lipinski definition) is 0. The van der Waals surface area contributed by atoms with Gasteiger partial charge in [0.25, 0.3) is 0 Å². The lowest BCUT2D eigenvalue weighted by Gasteiger charge is -2.15. The number of allylic oxidation sites excluding steroid dienone is 2. The van der Waals surface area contributed by atoms with Crippen molar-refractivity contribution in [1.29, 1.82) is 0 Å². The Balaban J connectivity index is 1.92. The minimum absolute atomic E-state index is 0.0792. The second-order valence-corrected chi connectivity index (χ2v) is 4.87. The molecule has 0 spiro atoms. The third-order valence-electron chi connectivity index (χ3n) is 3.84. The summed E-state index contributed by atoms with van der Waals surface area (Å²) >= 11 is 0. The number of benzene rings is 1. The summed E-state index contributed by atoms with van der Waals surface area (Å²) in [5, 5.41) is 0. The Morgan fingerprint density at radius 3 is 2.00 bits per heavy atom. The fourth-order valence-electron chi connectivity index (χ4n) is 2.79. The Morgan fingerprint density at radius 2 is 1.53 bits per heavy atom. The van der Waals surface area contributed by atoms with E-state index in [0.29, 0.717) is 24.3 Å². The van der Waals surface area contributed by atoms with Crippen LogP contribution in [0.3, 0.4) is 0 Å². The summed E-state index contributed by atoms with van der Waals surface area (Å²) in [6.07, 6.45) is 5.32. The van der Waals surface area contributed by atoms with Crippen LogP contribution in [-0.2, 0) is 9.59 Å². The Hall–Kier alpha value is -2.10. The van der Waals surface area contributed by atoms with E-state index in [0.717, 1.165) is 0 Å². The predicted molar refractivity (Wildman–Crippen MR) is 70.8 cm³/mol. The van der Waals surface area contributed by atoms with Crippen LogP contribution in [0.4, 0.5) is 5.69 Å². The van der Waals surface area contributed by atoms with Crippen LogP contribution in [0.15, 0.2) is 36.4 Å². The first-order valence-corrected chi connectivity index (χ1v) is 6.39. The Labute approximate surface area is 111 Å². The van der Waals surface area contributed by atoms with Gasteiger partial charge >= 0.3 is 0 Å². The molecule has 0 N–H and O–H groups in total. The van der Waals surface area contributed by atoms with Gasteiger partial charge in [-0.15, -0.1) is 0 Å². The van der Waals surface area contributed by atoms with Gasteiger partial charge in [0.15, 0.2) is 0 Å². The highest BCUT2D eigenvalue weighted by Gasteiger charge is 2.47. The molecule has 1 aliphatic carbocycles. The Kier molecular flexibility index (Phi) is 2.85. The fourth-order valence-corrected chi connectivity index (χ4v) is 2.79. The largest absolute Gasteiger partial charge is 0.497 e. The number of carbonyl (C=O) groups is 2. The molecule has 0 unspecified atom stereocenters. The number of carbonyl (C=O) groups excluding carboxylic acids is 2. The molecule has 1 heterocycles. The average Bonchev–Trinajstić information content (AvgIpc) is 2.72. The molecule has 98 valence electrons. The van der Waals surface area contributed by atoms with Crippen LogP contribution in [-0.4, -0.2) is 18.9 Å². The van der Waals surface area contributed by atoms with E-state index in [1.165, 1.54) is 4.90 Å². The van der Waals surface area contributed by atoms with Crippen LogP contribution in [0.5, 0.6) is 5.75 Å². The maximum absolute atomic E-state index is 12.3. The third kappa shape index (κ3) is 1.84. The summed E-state index contributed by atoms with van der Waals surface area (Å²) in [6, 6.07) is 7.02. The number of hydrogen-bond acceptors (Lipinski definition) is 3. The van der Waals surface area contributed by atoms with Crippen LogP contribution in [0.1, 0.15) is 12.8 Å². The van der Waals surface area contributed by atoms with Crippen molar-refractivity contribution in [3.8, 4) is 5.75 Å². The molecule has 19 heavy (non-hydrogen) atoms. The van der Waals surface area contributed by atoms with E-state index in [1.54, 1.807) is 31.4 Å². The van der Waals surface area contributed by atoms with Crippen molar-refractivity contribution in [3.63, 3.8) is 0 Å². The lowest BCUT2D eigenvalue weighted by Crippen LogP contribution is -2.30. The first-order valence-electron chi connectivity index (χ1n) is 6.39. The van der Waals surface area contributed by atoms with Gasteiger partial charge < -0.3 is 4.74 Å². The maximum atomic E-state index is 12.3. The molecule has 2 amide bonds. The number of ether oxygens (including phenoxy) is 1. The molecule has 1 aromatic rings.